The molecule has 0 aromatic carbocycles. The molecule has 0 radical (unpaired) electrons. The summed E-state index contributed by atoms with van der Waals surface area (Å²) in [5.74, 6) is 12.4. The molecule has 0 atom stereocenters. The van der Waals surface area contributed by atoms with Gasteiger partial charge < -0.3 is 4.74 Å². The molecule has 0 amide bonds. The van der Waals surface area contributed by atoms with Crippen molar-refractivity contribution in [2.75, 3.05) is 6.61 Å². The monoisotopic (exact) mass is 304 g/mol. The highest BCUT2D eigenvalue weighted by atomic mass is 16.5. The summed E-state index contributed by atoms with van der Waals surface area (Å²) in [6.07, 6.45) is 13.8. The molecule has 0 saturated carbocycles. The Morgan fingerprint density at radius 3 is 1.68 bits per heavy atom. The fourth-order valence-corrected chi connectivity index (χ4v) is 2.00. The van der Waals surface area contributed by atoms with Crippen LogP contribution in [0.15, 0.2) is 0 Å². The molecule has 22 heavy (non-hydrogen) atoms. The number of ether oxygens (including phenoxy) is 1. The second-order valence-electron chi connectivity index (χ2n) is 5.52. The van der Waals surface area contributed by atoms with E-state index in [1.54, 1.807) is 0 Å². The van der Waals surface area contributed by atoms with E-state index >= 15 is 0 Å². The van der Waals surface area contributed by atoms with Gasteiger partial charge in [-0.1, -0.05) is 44.9 Å². The van der Waals surface area contributed by atoms with Crippen LogP contribution >= 0.6 is 0 Å². The lowest BCUT2D eigenvalue weighted by Crippen LogP contribution is -1.98. The van der Waals surface area contributed by atoms with E-state index in [-0.39, 0.29) is 5.97 Å². The zero-order valence-corrected chi connectivity index (χ0v) is 14.5. The molecular weight excluding hydrogens is 272 g/mol. The van der Waals surface area contributed by atoms with Gasteiger partial charge in [-0.05, 0) is 19.3 Å². The van der Waals surface area contributed by atoms with Crippen molar-refractivity contribution in [2.45, 2.75) is 90.9 Å². The molecule has 0 aliphatic heterocycles. The highest BCUT2D eigenvalue weighted by molar-refractivity contribution is 5.65. The van der Waals surface area contributed by atoms with Gasteiger partial charge in [0.25, 0.3) is 0 Å². The van der Waals surface area contributed by atoms with Gasteiger partial charge in [0.2, 0.25) is 0 Å². The summed E-state index contributed by atoms with van der Waals surface area (Å²) >= 11 is 0. The number of unbranched alkanes of at least 4 members (excludes halogenated alkanes) is 9. The molecule has 2 heteroatoms. The minimum absolute atomic E-state index is 0.228. The van der Waals surface area contributed by atoms with E-state index in [1.807, 2.05) is 0 Å². The van der Waals surface area contributed by atoms with Crippen molar-refractivity contribution in [2.24, 2.45) is 0 Å². The summed E-state index contributed by atoms with van der Waals surface area (Å²) in [6, 6.07) is 0. The summed E-state index contributed by atoms with van der Waals surface area (Å²) in [6.45, 7) is 4.05. The third kappa shape index (κ3) is 18.6. The second kappa shape index (κ2) is 17.6. The predicted octanol–water partition coefficient (Wildman–Crippen LogP) is 5.26. The van der Waals surface area contributed by atoms with Crippen LogP contribution < -0.4 is 0 Å². The van der Waals surface area contributed by atoms with Gasteiger partial charge in [-0.25, -0.2) is 0 Å². The Bertz CT molecular complexity index is 376. The van der Waals surface area contributed by atoms with Crippen molar-refractivity contribution in [1.29, 1.82) is 0 Å². The average molecular weight is 304 g/mol. The molecule has 0 aromatic rings. The molecule has 0 heterocycles. The number of carbonyl (C=O) groups is 1. The molecule has 0 aromatic heterocycles. The maximum absolute atomic E-state index is 10.5. The highest BCUT2D eigenvalue weighted by Crippen LogP contribution is 2.08. The number of carbonyl (C=O) groups excluding carboxylic acids is 1. The molecule has 0 aliphatic carbocycles. The Balaban J connectivity index is 3.18. The summed E-state index contributed by atoms with van der Waals surface area (Å²) < 4.78 is 4.81. The van der Waals surface area contributed by atoms with Crippen molar-refractivity contribution in [1.82, 2.24) is 0 Å². The van der Waals surface area contributed by atoms with Crippen LogP contribution in [-0.4, -0.2) is 12.6 Å². The molecule has 0 fully saturated rings. The van der Waals surface area contributed by atoms with Crippen molar-refractivity contribution in [3.05, 3.63) is 0 Å². The normalized spacial score (nSPS) is 9.36. The molecule has 0 saturated heterocycles. The zero-order valence-electron chi connectivity index (χ0n) is 14.5. The maximum Gasteiger partial charge on any atom is 0.302 e. The quantitative estimate of drug-likeness (QED) is 0.296. The Labute approximate surface area is 137 Å². The lowest BCUT2D eigenvalue weighted by molar-refractivity contribution is -0.140. The van der Waals surface area contributed by atoms with Crippen LogP contribution in [0.2, 0.25) is 0 Å². The molecule has 0 aliphatic rings. The second-order valence-corrected chi connectivity index (χ2v) is 5.52. The lowest BCUT2D eigenvalue weighted by Gasteiger charge is -1.98. The van der Waals surface area contributed by atoms with E-state index in [2.05, 4.69) is 30.6 Å². The van der Waals surface area contributed by atoms with Crippen molar-refractivity contribution >= 4 is 5.97 Å². The molecule has 0 spiro atoms. The molecule has 124 valence electrons. The van der Waals surface area contributed by atoms with E-state index < -0.39 is 0 Å². The fraction of sp³-hybridized carbons (Fsp3) is 0.750. The molecule has 2 nitrogen and oxygen atoms in total. The molecule has 0 rings (SSSR count). The van der Waals surface area contributed by atoms with E-state index in [0.717, 1.165) is 19.3 Å². The maximum atomic E-state index is 10.5. The summed E-state index contributed by atoms with van der Waals surface area (Å²) in [5.41, 5.74) is 0. The summed E-state index contributed by atoms with van der Waals surface area (Å²) in [4.78, 5) is 10.5. The fourth-order valence-electron chi connectivity index (χ4n) is 2.00. The van der Waals surface area contributed by atoms with E-state index in [1.165, 1.54) is 58.3 Å². The van der Waals surface area contributed by atoms with E-state index in [4.69, 9.17) is 4.74 Å². The van der Waals surface area contributed by atoms with E-state index in [0.29, 0.717) is 13.0 Å². The van der Waals surface area contributed by atoms with Crippen LogP contribution in [0.1, 0.15) is 90.9 Å². The number of rotatable bonds is 11. The Hall–Kier alpha value is -1.41. The zero-order chi connectivity index (χ0) is 16.3. The van der Waals surface area contributed by atoms with Gasteiger partial charge in [0.1, 0.15) is 6.61 Å². The van der Waals surface area contributed by atoms with Crippen LogP contribution in [0.3, 0.4) is 0 Å². The van der Waals surface area contributed by atoms with Crippen LogP contribution in [0.25, 0.3) is 0 Å². The number of hydrogen-bond acceptors (Lipinski definition) is 2. The molecule has 0 bridgehead atoms. The van der Waals surface area contributed by atoms with E-state index in [9.17, 15) is 4.79 Å². The number of hydrogen-bond donors (Lipinski definition) is 0. The summed E-state index contributed by atoms with van der Waals surface area (Å²) in [7, 11) is 0. The average Bonchev–Trinajstić information content (AvgIpc) is 2.50. The first-order valence-corrected chi connectivity index (χ1v) is 8.82. The third-order valence-corrected chi connectivity index (χ3v) is 3.29. The smallest absolute Gasteiger partial charge is 0.302 e. The Kier molecular flexibility index (Phi) is 16.5. The molecular formula is C20H32O2. The van der Waals surface area contributed by atoms with Crippen LogP contribution in [0, 0.1) is 23.7 Å². The van der Waals surface area contributed by atoms with Gasteiger partial charge >= 0.3 is 5.97 Å². The van der Waals surface area contributed by atoms with Gasteiger partial charge in [-0.3, -0.25) is 4.79 Å². The van der Waals surface area contributed by atoms with Crippen LogP contribution in [-0.2, 0) is 9.53 Å². The SMILES string of the molecule is CCCCC#CCCCCCCCCC#CCCOC(C)=O. The van der Waals surface area contributed by atoms with Gasteiger partial charge in [0.15, 0.2) is 0 Å². The van der Waals surface area contributed by atoms with Gasteiger partial charge in [-0.15, -0.1) is 17.8 Å². The minimum Gasteiger partial charge on any atom is -0.465 e. The summed E-state index contributed by atoms with van der Waals surface area (Å²) in [5, 5.41) is 0. The van der Waals surface area contributed by atoms with Gasteiger partial charge in [-0.2, -0.15) is 0 Å². The highest BCUT2D eigenvalue weighted by Gasteiger charge is 1.91. The predicted molar refractivity (Wildman–Crippen MR) is 93.3 cm³/mol. The van der Waals surface area contributed by atoms with Crippen molar-refractivity contribution < 1.29 is 9.53 Å². The first kappa shape index (κ1) is 20.6. The number of esters is 1. The largest absolute Gasteiger partial charge is 0.465 e. The van der Waals surface area contributed by atoms with Gasteiger partial charge in [0, 0.05) is 32.6 Å². The first-order valence-electron chi connectivity index (χ1n) is 8.82. The standard InChI is InChI=1S/C20H32O2/c1-3-4-5-6-7-8-9-10-11-12-13-14-15-16-17-18-19-22-20(2)21/h3-5,8-15,18-19H2,1-2H3. The Morgan fingerprint density at radius 1 is 0.727 bits per heavy atom. The third-order valence-electron chi connectivity index (χ3n) is 3.29. The molecule has 0 N–H and O–H groups in total. The topological polar surface area (TPSA) is 26.3 Å². The van der Waals surface area contributed by atoms with Crippen molar-refractivity contribution in [3.63, 3.8) is 0 Å². The lowest BCUT2D eigenvalue weighted by atomic mass is 10.1. The van der Waals surface area contributed by atoms with Gasteiger partial charge in [0.05, 0.1) is 0 Å². The van der Waals surface area contributed by atoms with Crippen LogP contribution in [0.4, 0.5) is 0 Å². The van der Waals surface area contributed by atoms with Crippen LogP contribution in [0.5, 0.6) is 0 Å². The Morgan fingerprint density at radius 2 is 1.18 bits per heavy atom. The molecule has 0 unspecified atom stereocenters. The van der Waals surface area contributed by atoms with Crippen molar-refractivity contribution in [3.8, 4) is 23.7 Å². The minimum atomic E-state index is -0.228. The first-order chi connectivity index (χ1) is 10.8.